The van der Waals surface area contributed by atoms with Gasteiger partial charge in [0.1, 0.15) is 0 Å². The van der Waals surface area contributed by atoms with Crippen LogP contribution in [0.5, 0.6) is 0 Å². The first-order valence-electron chi connectivity index (χ1n) is 13.1. The maximum absolute atomic E-state index is 14.2. The molecule has 4 aromatic rings. The lowest BCUT2D eigenvalue weighted by Gasteiger charge is -2.43. The minimum atomic E-state index is -5.10. The van der Waals surface area contributed by atoms with Crippen LogP contribution in [0.2, 0.25) is 10.0 Å². The molecule has 9 nitrogen and oxygen atoms in total. The first-order valence-corrected chi connectivity index (χ1v) is 17.0. The van der Waals surface area contributed by atoms with E-state index in [2.05, 4.69) is 5.32 Å². The monoisotopic (exact) mass is 659 g/mol. The highest BCUT2D eigenvalue weighted by molar-refractivity contribution is 7.93. The molecule has 0 fully saturated rings. The van der Waals surface area contributed by atoms with Gasteiger partial charge in [0.2, 0.25) is 0 Å². The molecule has 0 aliphatic rings. The number of halogens is 2. The van der Waals surface area contributed by atoms with E-state index in [1.54, 1.807) is 48.5 Å². The Bertz CT molecular complexity index is 1860. The van der Waals surface area contributed by atoms with Gasteiger partial charge in [0.25, 0.3) is 15.9 Å². The fourth-order valence-corrected chi connectivity index (χ4v) is 9.36. The number of nitrogens with zero attached hydrogens (tertiary/aromatic N) is 2. The molecule has 13 heteroatoms. The second kappa shape index (κ2) is 12.7. The molecule has 0 spiro atoms. The lowest BCUT2D eigenvalue weighted by Crippen LogP contribution is -2.51. The molecule has 1 amide bonds. The zero-order valence-corrected chi connectivity index (χ0v) is 26.4. The van der Waals surface area contributed by atoms with Gasteiger partial charge in [-0.25, -0.2) is 12.7 Å². The number of rotatable bonds is 10. The van der Waals surface area contributed by atoms with E-state index < -0.39 is 22.9 Å². The summed E-state index contributed by atoms with van der Waals surface area (Å²) in [5.74, 6) is -0.382. The van der Waals surface area contributed by atoms with Crippen molar-refractivity contribution in [2.75, 3.05) is 4.31 Å². The van der Waals surface area contributed by atoms with Crippen molar-refractivity contribution >= 4 is 63.2 Å². The van der Waals surface area contributed by atoms with E-state index in [9.17, 15) is 27.6 Å². The van der Waals surface area contributed by atoms with Gasteiger partial charge in [-0.05, 0) is 77.7 Å². The van der Waals surface area contributed by atoms with Gasteiger partial charge < -0.3 is 15.1 Å². The van der Waals surface area contributed by atoms with Crippen LogP contribution in [0.15, 0.2) is 83.8 Å². The standard InChI is InChI=1S/C30H28Cl2N3O6PS/c1-3-30(4-2,42(37,38)39)35(43(40,41)26-16-23(31)15-24(32)17-26)25-12-13-27-22(14-25)6-5-7-28(27)29(36)34-19-21-10-8-20(18-33)9-11-21/h5-17H,3-4,19H2,1-2H3,(H,34,36)(H2,37,38,39). The molecule has 0 saturated heterocycles. The molecule has 0 atom stereocenters. The van der Waals surface area contributed by atoms with Crippen LogP contribution in [0, 0.1) is 11.3 Å². The van der Waals surface area contributed by atoms with Crippen molar-refractivity contribution in [1.29, 1.82) is 5.26 Å². The fraction of sp³-hybridized carbons (Fsp3) is 0.200. The van der Waals surface area contributed by atoms with Crippen molar-refractivity contribution in [1.82, 2.24) is 5.32 Å². The average Bonchev–Trinajstić information content (AvgIpc) is 2.97. The highest BCUT2D eigenvalue weighted by Crippen LogP contribution is 2.59. The maximum atomic E-state index is 14.2. The molecule has 0 saturated carbocycles. The number of benzene rings is 4. The van der Waals surface area contributed by atoms with Gasteiger partial charge in [0.05, 0.1) is 22.2 Å². The zero-order valence-electron chi connectivity index (χ0n) is 23.2. The number of fused-ring (bicyclic) bond motifs is 1. The van der Waals surface area contributed by atoms with Gasteiger partial charge in [-0.1, -0.05) is 67.4 Å². The third kappa shape index (κ3) is 6.43. The van der Waals surface area contributed by atoms with E-state index in [-0.39, 0.29) is 45.9 Å². The highest BCUT2D eigenvalue weighted by atomic mass is 35.5. The Morgan fingerprint density at radius 1 is 0.977 bits per heavy atom. The summed E-state index contributed by atoms with van der Waals surface area (Å²) in [6.45, 7) is 3.23. The lowest BCUT2D eigenvalue weighted by molar-refractivity contribution is 0.0952. The van der Waals surface area contributed by atoms with E-state index in [1.807, 2.05) is 6.07 Å². The van der Waals surface area contributed by atoms with Crippen molar-refractivity contribution in [3.63, 3.8) is 0 Å². The minimum Gasteiger partial charge on any atom is -0.348 e. The molecule has 0 unspecified atom stereocenters. The Morgan fingerprint density at radius 2 is 1.60 bits per heavy atom. The van der Waals surface area contributed by atoms with Crippen LogP contribution in [-0.4, -0.2) is 29.4 Å². The topological polar surface area (TPSA) is 148 Å². The van der Waals surface area contributed by atoms with Crippen LogP contribution < -0.4 is 9.62 Å². The van der Waals surface area contributed by atoms with E-state index >= 15 is 0 Å². The van der Waals surface area contributed by atoms with Gasteiger partial charge in [-0.3, -0.25) is 9.36 Å². The third-order valence-electron chi connectivity index (χ3n) is 7.31. The van der Waals surface area contributed by atoms with Crippen molar-refractivity contribution < 1.29 is 27.6 Å². The van der Waals surface area contributed by atoms with Crippen molar-refractivity contribution in [3.05, 3.63) is 106 Å². The fourth-order valence-electron chi connectivity index (χ4n) is 5.02. The van der Waals surface area contributed by atoms with Crippen LogP contribution in [0.3, 0.4) is 0 Å². The van der Waals surface area contributed by atoms with Crippen molar-refractivity contribution in [3.8, 4) is 6.07 Å². The molecule has 4 aromatic carbocycles. The number of sulfonamides is 1. The van der Waals surface area contributed by atoms with Gasteiger partial charge in [0.15, 0.2) is 5.28 Å². The summed E-state index contributed by atoms with van der Waals surface area (Å²) in [5.41, 5.74) is 1.61. The second-order valence-corrected chi connectivity index (χ2v) is 14.4. The first kappa shape index (κ1) is 32.5. The molecule has 0 bridgehead atoms. The predicted octanol–water partition coefficient (Wildman–Crippen LogP) is 6.84. The number of nitriles is 1. The Hall–Kier alpha value is -3.42. The molecule has 0 aliphatic heterocycles. The van der Waals surface area contributed by atoms with E-state index in [4.69, 9.17) is 28.5 Å². The summed E-state index contributed by atoms with van der Waals surface area (Å²) in [5, 5.41) is 10.7. The predicted molar refractivity (Wildman–Crippen MR) is 168 cm³/mol. The molecule has 4 rings (SSSR count). The molecular weight excluding hydrogens is 632 g/mol. The van der Waals surface area contributed by atoms with Gasteiger partial charge in [0, 0.05) is 22.2 Å². The molecule has 0 aromatic heterocycles. The quantitative estimate of drug-likeness (QED) is 0.158. The van der Waals surface area contributed by atoms with E-state index in [0.29, 0.717) is 21.9 Å². The summed E-state index contributed by atoms with van der Waals surface area (Å²) in [6.07, 6.45) is -0.422. The normalized spacial score (nSPS) is 12.1. The Kier molecular flexibility index (Phi) is 9.57. The minimum absolute atomic E-state index is 0.00855. The number of hydrogen-bond donors (Lipinski definition) is 3. The SMILES string of the molecule is CCC(CC)(N(c1ccc2c(C(=O)NCc3ccc(C#N)cc3)cccc2c1)S(=O)(=O)c1cc(Cl)cc(Cl)c1)P(=O)(O)O. The molecule has 0 aliphatic carbocycles. The third-order valence-corrected chi connectivity index (χ3v) is 11.7. The molecule has 3 N–H and O–H groups in total. The average molecular weight is 661 g/mol. The van der Waals surface area contributed by atoms with E-state index in [0.717, 1.165) is 9.87 Å². The van der Waals surface area contributed by atoms with Crippen molar-refractivity contribution in [2.45, 2.75) is 43.4 Å². The molecule has 224 valence electrons. The summed E-state index contributed by atoms with van der Waals surface area (Å²) in [4.78, 5) is 34.0. The number of anilines is 1. The van der Waals surface area contributed by atoms with E-state index in [1.165, 1.54) is 44.2 Å². The molecule has 0 radical (unpaired) electrons. The van der Waals surface area contributed by atoms with Crippen LogP contribution in [-0.2, 0) is 21.1 Å². The smallest absolute Gasteiger partial charge is 0.348 e. The number of nitrogens with one attached hydrogen (secondary N) is 1. The van der Waals surface area contributed by atoms with Crippen LogP contribution in [0.25, 0.3) is 10.8 Å². The lowest BCUT2D eigenvalue weighted by atomic mass is 10.0. The van der Waals surface area contributed by atoms with Crippen molar-refractivity contribution in [2.24, 2.45) is 0 Å². The Labute approximate surface area is 259 Å². The number of carbonyl (C=O) groups is 1. The summed E-state index contributed by atoms with van der Waals surface area (Å²) >= 11 is 12.2. The van der Waals surface area contributed by atoms with Gasteiger partial charge in [-0.2, -0.15) is 5.26 Å². The van der Waals surface area contributed by atoms with Crippen LogP contribution in [0.4, 0.5) is 5.69 Å². The molecule has 43 heavy (non-hydrogen) atoms. The summed E-state index contributed by atoms with van der Waals surface area (Å²) < 4.78 is 42.2. The number of hydrogen-bond acceptors (Lipinski definition) is 5. The zero-order chi connectivity index (χ0) is 31.6. The Morgan fingerprint density at radius 3 is 2.16 bits per heavy atom. The number of carbonyl (C=O) groups excluding carboxylic acids is 1. The maximum Gasteiger partial charge on any atom is 0.351 e. The largest absolute Gasteiger partial charge is 0.351 e. The highest BCUT2D eigenvalue weighted by Gasteiger charge is 2.54. The molecular formula is C30H28Cl2N3O6PS. The first-order chi connectivity index (χ1) is 20.3. The Balaban J connectivity index is 1.82. The van der Waals surface area contributed by atoms with Gasteiger partial charge >= 0.3 is 7.60 Å². The van der Waals surface area contributed by atoms with Crippen LogP contribution >= 0.6 is 30.8 Å². The van der Waals surface area contributed by atoms with Gasteiger partial charge in [-0.15, -0.1) is 0 Å². The molecule has 0 heterocycles. The number of amides is 1. The summed E-state index contributed by atoms with van der Waals surface area (Å²) in [7, 11) is -9.73. The van der Waals surface area contributed by atoms with Crippen LogP contribution in [0.1, 0.15) is 48.2 Å². The second-order valence-electron chi connectivity index (χ2n) is 9.81. The summed E-state index contributed by atoms with van der Waals surface area (Å²) in [6, 6.07) is 21.9.